The van der Waals surface area contributed by atoms with Gasteiger partial charge in [-0.2, -0.15) is 0 Å². The molecule has 1 aliphatic rings. The van der Waals surface area contributed by atoms with E-state index in [2.05, 4.69) is 0 Å². The van der Waals surface area contributed by atoms with Gasteiger partial charge < -0.3 is 15.6 Å². The van der Waals surface area contributed by atoms with Gasteiger partial charge in [0.1, 0.15) is 11.5 Å². The summed E-state index contributed by atoms with van der Waals surface area (Å²) >= 11 is 0. The largest absolute Gasteiger partial charge is 0.507 e. The zero-order chi connectivity index (χ0) is 15.1. The van der Waals surface area contributed by atoms with Crippen LogP contribution in [0.2, 0.25) is 0 Å². The highest BCUT2D eigenvalue weighted by molar-refractivity contribution is 6.30. The number of phenolic OH excluding ortho intramolecular Hbond substituents is 1. The van der Waals surface area contributed by atoms with Crippen molar-refractivity contribution < 1.29 is 19.4 Å². The second-order valence-corrected chi connectivity index (χ2v) is 4.74. The molecule has 5 heteroatoms. The molecule has 0 bridgehead atoms. The molecule has 2 aromatic carbocycles. The molecule has 0 saturated carbocycles. The molecular formula is C16H13NO4. The number of ether oxygens (including phenoxy) is 1. The zero-order valence-corrected chi connectivity index (χ0v) is 11.3. The standard InChI is InChI=1S/C16H13NO4/c1-21-11-6-8(7-17)14(18)13-12(11)15(19)9-4-2-3-5-10(9)16(13)20/h2-6,18H,7,17H2,1H3. The molecule has 5 nitrogen and oxygen atoms in total. The van der Waals surface area contributed by atoms with Crippen molar-refractivity contribution in [3.8, 4) is 11.5 Å². The maximum absolute atomic E-state index is 12.6. The number of carbonyl (C=O) groups excluding carboxylic acids is 2. The highest BCUT2D eigenvalue weighted by atomic mass is 16.5. The van der Waals surface area contributed by atoms with E-state index in [1.54, 1.807) is 24.3 Å². The molecule has 3 N–H and O–H groups in total. The van der Waals surface area contributed by atoms with E-state index in [0.29, 0.717) is 11.1 Å². The van der Waals surface area contributed by atoms with Crippen LogP contribution in [0, 0.1) is 0 Å². The van der Waals surface area contributed by atoms with Crippen LogP contribution in [0.5, 0.6) is 11.5 Å². The average Bonchev–Trinajstić information content (AvgIpc) is 2.52. The molecule has 1 aliphatic carbocycles. The van der Waals surface area contributed by atoms with Gasteiger partial charge in [0, 0.05) is 23.2 Å². The Balaban J connectivity index is 2.39. The number of ketones is 2. The second-order valence-electron chi connectivity index (χ2n) is 4.74. The summed E-state index contributed by atoms with van der Waals surface area (Å²) in [6.07, 6.45) is 0. The van der Waals surface area contributed by atoms with Gasteiger partial charge >= 0.3 is 0 Å². The van der Waals surface area contributed by atoms with E-state index in [0.717, 1.165) is 0 Å². The fourth-order valence-electron chi connectivity index (χ4n) is 2.61. The number of fused-ring (bicyclic) bond motifs is 2. The van der Waals surface area contributed by atoms with Crippen molar-refractivity contribution >= 4 is 11.6 Å². The van der Waals surface area contributed by atoms with Gasteiger partial charge in [-0.05, 0) is 6.07 Å². The topological polar surface area (TPSA) is 89.6 Å². The number of carbonyl (C=O) groups is 2. The first-order valence-corrected chi connectivity index (χ1v) is 6.41. The smallest absolute Gasteiger partial charge is 0.198 e. The third-order valence-corrected chi connectivity index (χ3v) is 3.65. The van der Waals surface area contributed by atoms with Gasteiger partial charge in [-0.15, -0.1) is 0 Å². The number of hydrogen-bond acceptors (Lipinski definition) is 5. The lowest BCUT2D eigenvalue weighted by Crippen LogP contribution is -2.22. The Morgan fingerprint density at radius 3 is 2.19 bits per heavy atom. The molecule has 0 amide bonds. The number of nitrogens with two attached hydrogens (primary N) is 1. The van der Waals surface area contributed by atoms with Crippen molar-refractivity contribution in [3.05, 3.63) is 58.1 Å². The number of phenols is 1. The molecule has 0 saturated heterocycles. The van der Waals surface area contributed by atoms with Crippen molar-refractivity contribution in [2.24, 2.45) is 5.73 Å². The minimum atomic E-state index is -0.397. The number of rotatable bonds is 2. The van der Waals surface area contributed by atoms with Crippen molar-refractivity contribution in [1.82, 2.24) is 0 Å². The lowest BCUT2D eigenvalue weighted by molar-refractivity contribution is 0.0974. The fraction of sp³-hybridized carbons (Fsp3) is 0.125. The number of methoxy groups -OCH3 is 1. The van der Waals surface area contributed by atoms with E-state index >= 15 is 0 Å². The first-order valence-electron chi connectivity index (χ1n) is 6.41. The van der Waals surface area contributed by atoms with Crippen LogP contribution in [0.1, 0.15) is 37.4 Å². The number of hydrogen-bond donors (Lipinski definition) is 2. The van der Waals surface area contributed by atoms with E-state index in [4.69, 9.17) is 10.5 Å². The maximum atomic E-state index is 12.6. The first-order chi connectivity index (χ1) is 10.1. The van der Waals surface area contributed by atoms with E-state index < -0.39 is 5.78 Å². The highest BCUT2D eigenvalue weighted by Crippen LogP contribution is 2.40. The SMILES string of the molecule is COc1cc(CN)c(O)c2c1C(=O)c1ccccc1C2=O. The lowest BCUT2D eigenvalue weighted by atomic mass is 9.82. The predicted molar refractivity (Wildman–Crippen MR) is 75.9 cm³/mol. The van der Waals surface area contributed by atoms with Crippen molar-refractivity contribution in [2.75, 3.05) is 7.11 Å². The van der Waals surface area contributed by atoms with Crippen LogP contribution in [-0.2, 0) is 6.54 Å². The Bertz CT molecular complexity index is 780. The zero-order valence-electron chi connectivity index (χ0n) is 11.3. The molecule has 3 rings (SSSR count). The third kappa shape index (κ3) is 1.75. The van der Waals surface area contributed by atoms with Crippen LogP contribution >= 0.6 is 0 Å². The predicted octanol–water partition coefficient (Wildman–Crippen LogP) is 1.63. The first kappa shape index (κ1) is 13.3. The molecule has 0 aromatic heterocycles. The Labute approximate surface area is 121 Å². The Kier molecular flexibility index (Phi) is 2.99. The van der Waals surface area contributed by atoms with Gasteiger partial charge in [0.25, 0.3) is 0 Å². The van der Waals surface area contributed by atoms with Crippen LogP contribution in [0.25, 0.3) is 0 Å². The summed E-state index contributed by atoms with van der Waals surface area (Å²) < 4.78 is 5.20. The highest BCUT2D eigenvalue weighted by Gasteiger charge is 2.35. The molecule has 0 aliphatic heterocycles. The molecule has 0 unspecified atom stereocenters. The lowest BCUT2D eigenvalue weighted by Gasteiger charge is -2.21. The summed E-state index contributed by atoms with van der Waals surface area (Å²) in [5, 5.41) is 10.3. The molecule has 21 heavy (non-hydrogen) atoms. The summed E-state index contributed by atoms with van der Waals surface area (Å²) in [6.45, 7) is 0.0403. The molecule has 0 spiro atoms. The summed E-state index contributed by atoms with van der Waals surface area (Å²) in [5.74, 6) is -0.737. The van der Waals surface area contributed by atoms with E-state index in [9.17, 15) is 14.7 Å². The van der Waals surface area contributed by atoms with Crippen molar-refractivity contribution in [3.63, 3.8) is 0 Å². The van der Waals surface area contributed by atoms with Crippen LogP contribution in [0.15, 0.2) is 30.3 Å². The summed E-state index contributed by atoms with van der Waals surface area (Å²) in [7, 11) is 1.41. The fourth-order valence-corrected chi connectivity index (χ4v) is 2.61. The molecular weight excluding hydrogens is 270 g/mol. The summed E-state index contributed by atoms with van der Waals surface area (Å²) in [5.41, 5.74) is 6.59. The minimum absolute atomic E-state index is 0.0292. The van der Waals surface area contributed by atoms with Gasteiger partial charge in [0.15, 0.2) is 11.6 Å². The van der Waals surface area contributed by atoms with Crippen LogP contribution in [0.3, 0.4) is 0 Å². The van der Waals surface area contributed by atoms with E-state index in [1.165, 1.54) is 13.2 Å². The molecule has 0 atom stereocenters. The molecule has 0 fully saturated rings. The maximum Gasteiger partial charge on any atom is 0.198 e. The molecule has 0 radical (unpaired) electrons. The van der Waals surface area contributed by atoms with Gasteiger partial charge in [-0.3, -0.25) is 9.59 Å². The van der Waals surface area contributed by atoms with E-state index in [1.807, 2.05) is 0 Å². The van der Waals surface area contributed by atoms with Gasteiger partial charge in [-0.1, -0.05) is 24.3 Å². The van der Waals surface area contributed by atoms with Gasteiger partial charge in [0.05, 0.1) is 18.2 Å². The van der Waals surface area contributed by atoms with Crippen LogP contribution < -0.4 is 10.5 Å². The Hall–Kier alpha value is -2.66. The summed E-state index contributed by atoms with van der Waals surface area (Å²) in [6, 6.07) is 8.02. The monoisotopic (exact) mass is 283 g/mol. The quantitative estimate of drug-likeness (QED) is 0.746. The minimum Gasteiger partial charge on any atom is -0.507 e. The number of benzene rings is 2. The van der Waals surface area contributed by atoms with Gasteiger partial charge in [-0.25, -0.2) is 0 Å². The Morgan fingerprint density at radius 2 is 1.67 bits per heavy atom. The molecule has 2 aromatic rings. The van der Waals surface area contributed by atoms with Crippen LogP contribution in [0.4, 0.5) is 0 Å². The van der Waals surface area contributed by atoms with Gasteiger partial charge in [0.2, 0.25) is 0 Å². The third-order valence-electron chi connectivity index (χ3n) is 3.65. The molecule has 0 heterocycles. The van der Waals surface area contributed by atoms with Crippen molar-refractivity contribution in [1.29, 1.82) is 0 Å². The average molecular weight is 283 g/mol. The summed E-state index contributed by atoms with van der Waals surface area (Å²) in [4.78, 5) is 25.2. The number of aromatic hydroxyl groups is 1. The second kappa shape index (κ2) is 4.71. The van der Waals surface area contributed by atoms with E-state index in [-0.39, 0.29) is 40.5 Å². The molecule has 106 valence electrons. The van der Waals surface area contributed by atoms with Crippen LogP contribution in [-0.4, -0.2) is 23.8 Å². The normalized spacial score (nSPS) is 12.9. The Morgan fingerprint density at radius 1 is 1.10 bits per heavy atom. The van der Waals surface area contributed by atoms with Crippen molar-refractivity contribution in [2.45, 2.75) is 6.54 Å².